The minimum atomic E-state index is -4.66. The molecule has 0 aliphatic heterocycles. The van der Waals surface area contributed by atoms with Crippen LogP contribution < -0.4 is 5.14 Å². The number of nitrogens with zero attached hydrogens (tertiary/aromatic N) is 4. The first-order chi connectivity index (χ1) is 15.1. The molecular formula is C20H17F3N5O2S2+. The van der Waals surface area contributed by atoms with E-state index in [1.54, 1.807) is 30.8 Å². The van der Waals surface area contributed by atoms with Crippen LogP contribution in [0.2, 0.25) is 0 Å². The molecule has 0 amide bonds. The van der Waals surface area contributed by atoms with Crippen LogP contribution in [0.15, 0.2) is 64.7 Å². The third kappa shape index (κ3) is 4.16. The van der Waals surface area contributed by atoms with E-state index in [0.29, 0.717) is 5.56 Å². The Balaban J connectivity index is 1.89. The predicted molar refractivity (Wildman–Crippen MR) is 114 cm³/mol. The normalized spacial score (nSPS) is 12.8. The second kappa shape index (κ2) is 8.11. The first-order valence-electron chi connectivity index (χ1n) is 9.30. The van der Waals surface area contributed by atoms with Gasteiger partial charge in [-0.3, -0.25) is 0 Å². The summed E-state index contributed by atoms with van der Waals surface area (Å²) in [5, 5.41) is 10.4. The number of nitrogens with two attached hydrogens (primary N) is 1. The van der Waals surface area contributed by atoms with Gasteiger partial charge < -0.3 is 0 Å². The van der Waals surface area contributed by atoms with Crippen molar-refractivity contribution in [3.63, 3.8) is 0 Å². The summed E-state index contributed by atoms with van der Waals surface area (Å²) in [5.41, 5.74) is 1.81. The van der Waals surface area contributed by atoms with E-state index in [9.17, 15) is 21.6 Å². The molecule has 3 heterocycles. The highest BCUT2D eigenvalue weighted by molar-refractivity contribution is 7.89. The molecule has 12 heteroatoms. The quantitative estimate of drug-likeness (QED) is 0.429. The van der Waals surface area contributed by atoms with E-state index in [1.807, 2.05) is 17.5 Å². The molecule has 0 fully saturated rings. The zero-order chi connectivity index (χ0) is 23.1. The van der Waals surface area contributed by atoms with Crippen molar-refractivity contribution in [2.45, 2.75) is 24.5 Å². The van der Waals surface area contributed by atoms with Gasteiger partial charge in [-0.1, -0.05) is 6.92 Å². The molecule has 3 aromatic heterocycles. The lowest BCUT2D eigenvalue weighted by Crippen LogP contribution is -2.14. The first kappa shape index (κ1) is 22.1. The van der Waals surface area contributed by atoms with Crippen LogP contribution in [0.25, 0.3) is 21.8 Å². The van der Waals surface area contributed by atoms with E-state index in [1.165, 1.54) is 6.07 Å². The maximum atomic E-state index is 13.7. The largest absolute Gasteiger partial charge is 0.435 e. The zero-order valence-corrected chi connectivity index (χ0v) is 18.2. The van der Waals surface area contributed by atoms with Crippen molar-refractivity contribution >= 4 is 20.5 Å². The first-order valence-corrected chi connectivity index (χ1v) is 12.2. The van der Waals surface area contributed by atoms with Crippen LogP contribution in [-0.4, -0.2) is 28.2 Å². The van der Waals surface area contributed by atoms with Gasteiger partial charge >= 0.3 is 6.18 Å². The molecule has 32 heavy (non-hydrogen) atoms. The Hall–Kier alpha value is -3.09. The van der Waals surface area contributed by atoms with Crippen LogP contribution in [0, 0.1) is 0 Å². The van der Waals surface area contributed by atoms with E-state index in [0.717, 1.165) is 21.8 Å². The topological polar surface area (TPSA) is 104 Å². The highest BCUT2D eigenvalue weighted by Crippen LogP contribution is 2.39. The third-order valence-corrected chi connectivity index (χ3v) is 7.14. The van der Waals surface area contributed by atoms with Gasteiger partial charge in [0, 0.05) is 21.6 Å². The highest BCUT2D eigenvalue weighted by atomic mass is 32.2. The fourth-order valence-electron chi connectivity index (χ4n) is 3.31. The number of thiazole rings is 1. The van der Waals surface area contributed by atoms with Crippen LogP contribution in [0.4, 0.5) is 13.2 Å². The van der Waals surface area contributed by atoms with Crippen molar-refractivity contribution < 1.29 is 21.6 Å². The van der Waals surface area contributed by atoms with Crippen molar-refractivity contribution in [2.75, 3.05) is 0 Å². The van der Waals surface area contributed by atoms with Crippen molar-refractivity contribution in [3.8, 4) is 21.8 Å². The molecule has 4 aromatic rings. The summed E-state index contributed by atoms with van der Waals surface area (Å²) < 4.78 is 65.3. The lowest BCUT2D eigenvalue weighted by molar-refractivity contribution is -0.141. The molecule has 0 radical (unpaired) electrons. The number of alkyl halides is 3. The van der Waals surface area contributed by atoms with Crippen LogP contribution >= 0.6 is 10.5 Å². The predicted octanol–water partition coefficient (Wildman–Crippen LogP) is 4.30. The number of primary sulfonamides is 1. The molecular weight excluding hydrogens is 463 g/mol. The summed E-state index contributed by atoms with van der Waals surface area (Å²) in [4.78, 5) is 8.82. The molecule has 0 bridgehead atoms. The van der Waals surface area contributed by atoms with Gasteiger partial charge in [-0.05, 0) is 42.8 Å². The number of aromatic nitrogens is 4. The molecule has 0 saturated carbocycles. The zero-order valence-electron chi connectivity index (χ0n) is 16.6. The number of rotatable bonds is 5. The van der Waals surface area contributed by atoms with E-state index in [4.69, 9.17) is 5.14 Å². The van der Waals surface area contributed by atoms with Crippen molar-refractivity contribution in [3.05, 3.63) is 70.9 Å². The van der Waals surface area contributed by atoms with Gasteiger partial charge in [-0.15, -0.1) is 0 Å². The lowest BCUT2D eigenvalue weighted by atomic mass is 10.0. The summed E-state index contributed by atoms with van der Waals surface area (Å²) in [5.74, 6) is 0. The molecule has 0 saturated heterocycles. The Morgan fingerprint density at radius 3 is 2.34 bits per heavy atom. The maximum absolute atomic E-state index is 13.7. The smallest absolute Gasteiger partial charge is 0.241 e. The van der Waals surface area contributed by atoms with Gasteiger partial charge in [0.2, 0.25) is 5.51 Å². The highest BCUT2D eigenvalue weighted by Gasteiger charge is 2.39. The van der Waals surface area contributed by atoms with Crippen LogP contribution in [0.3, 0.4) is 0 Å². The van der Waals surface area contributed by atoms with Crippen molar-refractivity contribution in [2.24, 2.45) is 5.14 Å². The van der Waals surface area contributed by atoms with E-state index in [2.05, 4.69) is 15.1 Å². The average molecular weight is 481 g/mol. The number of benzene rings is 1. The number of hydrogen-bond acceptors (Lipinski definition) is 5. The monoisotopic (exact) mass is 480 g/mol. The molecule has 0 spiro atoms. The molecule has 7 nitrogen and oxygen atoms in total. The van der Waals surface area contributed by atoms with Gasteiger partial charge in [0.15, 0.2) is 21.0 Å². The van der Waals surface area contributed by atoms with E-state index < -0.39 is 26.9 Å². The van der Waals surface area contributed by atoms with E-state index in [-0.39, 0.29) is 33.8 Å². The molecule has 1 aromatic carbocycles. The number of pyridine rings is 1. The van der Waals surface area contributed by atoms with Gasteiger partial charge in [0.25, 0.3) is 10.0 Å². The molecule has 2 N–H and O–H groups in total. The number of sulfonamides is 1. The number of hydrogen-bond donors (Lipinski definition) is 1. The summed E-state index contributed by atoms with van der Waals surface area (Å²) in [6.45, 7) is 1.62. The lowest BCUT2D eigenvalue weighted by Gasteiger charge is -2.10. The molecule has 0 aliphatic carbocycles. The maximum Gasteiger partial charge on any atom is 0.435 e. The molecule has 0 aliphatic rings. The number of halogens is 3. The van der Waals surface area contributed by atoms with Crippen LogP contribution in [0.5, 0.6) is 0 Å². The molecule has 166 valence electrons. The summed E-state index contributed by atoms with van der Waals surface area (Å²) in [6, 6.07) is 9.60. The van der Waals surface area contributed by atoms with Crippen LogP contribution in [-0.2, 0) is 22.6 Å². The third-order valence-electron chi connectivity index (χ3n) is 4.73. The Morgan fingerprint density at radius 2 is 1.84 bits per heavy atom. The SMILES string of the molecule is CCc1c(C(F)(F)F)nn(-c2ccc(S(N)(=O)=O)nc2)c1-c1ccc(-[s+]2ccnc2)cc1. The van der Waals surface area contributed by atoms with Gasteiger partial charge in [0.05, 0.1) is 23.8 Å². The summed E-state index contributed by atoms with van der Waals surface area (Å²) in [6.07, 6.45) is -1.74. The second-order valence-electron chi connectivity index (χ2n) is 6.77. The Kier molecular flexibility index (Phi) is 5.61. The minimum Gasteiger partial charge on any atom is -0.241 e. The fraction of sp³-hybridized carbons (Fsp3) is 0.150. The fourth-order valence-corrected chi connectivity index (χ4v) is 4.97. The van der Waals surface area contributed by atoms with E-state index >= 15 is 0 Å². The minimum absolute atomic E-state index is 0.0329. The second-order valence-corrected chi connectivity index (χ2v) is 9.98. The Labute approximate surface area is 184 Å². The standard InChI is InChI=1S/C20H17F3N5O2S2/c1-2-16-18(13-3-6-15(7-4-13)31-10-9-25-12-31)28(27-19(16)20(21,22)23)14-5-8-17(26-11-14)32(24,29)30/h3-12H,2H2,1H3,(H2,24,29,30)/q+1. The van der Waals surface area contributed by atoms with Gasteiger partial charge in [0.1, 0.15) is 0 Å². The Morgan fingerprint density at radius 1 is 1.12 bits per heavy atom. The Bertz CT molecular complexity index is 1350. The van der Waals surface area contributed by atoms with Crippen molar-refractivity contribution in [1.82, 2.24) is 19.7 Å². The van der Waals surface area contributed by atoms with Crippen molar-refractivity contribution in [1.29, 1.82) is 0 Å². The molecule has 1 unspecified atom stereocenters. The van der Waals surface area contributed by atoms with Crippen LogP contribution in [0.1, 0.15) is 18.2 Å². The summed E-state index contributed by atoms with van der Waals surface area (Å²) >= 11 is 0. The molecule has 1 atom stereocenters. The van der Waals surface area contributed by atoms with Gasteiger partial charge in [-0.25, -0.2) is 28.2 Å². The average Bonchev–Trinajstić information content (AvgIpc) is 3.41. The van der Waals surface area contributed by atoms with Gasteiger partial charge in [-0.2, -0.15) is 18.3 Å². The molecule has 4 rings (SSSR count). The summed E-state index contributed by atoms with van der Waals surface area (Å²) in [7, 11) is -4.32.